The molecule has 2 aliphatic heterocycles. The zero-order chi connectivity index (χ0) is 22.7. The lowest BCUT2D eigenvalue weighted by molar-refractivity contribution is 0.124. The van der Waals surface area contributed by atoms with Crippen LogP contribution in [0.25, 0.3) is 0 Å². The van der Waals surface area contributed by atoms with Gasteiger partial charge in [0, 0.05) is 18.8 Å². The van der Waals surface area contributed by atoms with Gasteiger partial charge < -0.3 is 14.0 Å². The van der Waals surface area contributed by atoms with Crippen molar-refractivity contribution in [2.75, 3.05) is 24.7 Å². The van der Waals surface area contributed by atoms with Crippen molar-refractivity contribution in [1.29, 1.82) is 0 Å². The fraction of sp³-hybridized carbons (Fsp3) is 0.500. The van der Waals surface area contributed by atoms with Crippen molar-refractivity contribution in [2.45, 2.75) is 50.3 Å². The molecule has 32 heavy (non-hydrogen) atoms. The first-order valence-corrected chi connectivity index (χ1v) is 14.1. The molecule has 0 amide bonds. The smallest absolute Gasteiger partial charge is 0.217 e. The number of benzene rings is 2. The Kier molecular flexibility index (Phi) is 10.5. The maximum Gasteiger partial charge on any atom is 0.217 e. The molecule has 0 bridgehead atoms. The first-order chi connectivity index (χ1) is 15.5. The minimum absolute atomic E-state index is 0.202. The molecule has 4 rings (SSSR count). The number of hydrogen-bond acceptors (Lipinski definition) is 6. The third-order valence-electron chi connectivity index (χ3n) is 5.32. The summed E-state index contributed by atoms with van der Waals surface area (Å²) in [5, 5.41) is 0. The van der Waals surface area contributed by atoms with Crippen LogP contribution >= 0.6 is 0 Å². The van der Waals surface area contributed by atoms with E-state index in [4.69, 9.17) is 9.47 Å². The van der Waals surface area contributed by atoms with Crippen molar-refractivity contribution in [3.8, 4) is 0 Å². The Morgan fingerprint density at radius 1 is 0.844 bits per heavy atom. The Balaban J connectivity index is 0.000000207. The summed E-state index contributed by atoms with van der Waals surface area (Å²) in [6.07, 6.45) is 6.00. The van der Waals surface area contributed by atoms with Crippen molar-refractivity contribution in [2.24, 2.45) is 0 Å². The topological polar surface area (TPSA) is 84.9 Å². The van der Waals surface area contributed by atoms with Crippen LogP contribution in [0.3, 0.4) is 0 Å². The normalized spacial score (nSPS) is 21.7. The van der Waals surface area contributed by atoms with E-state index in [9.17, 15) is 13.0 Å². The fourth-order valence-electron chi connectivity index (χ4n) is 3.79. The lowest BCUT2D eigenvalue weighted by atomic mass is 10.2. The molecule has 0 saturated carbocycles. The summed E-state index contributed by atoms with van der Waals surface area (Å²) in [5.74, 6) is 3.66. The summed E-state index contributed by atoms with van der Waals surface area (Å²) < 4.78 is 45.8. The molecule has 6 nitrogen and oxygen atoms in total. The Morgan fingerprint density at radius 3 is 1.78 bits per heavy atom. The third-order valence-corrected chi connectivity index (χ3v) is 8.15. The Morgan fingerprint density at radius 2 is 1.34 bits per heavy atom. The molecule has 2 heterocycles. The largest absolute Gasteiger partial charge is 0.726 e. The van der Waals surface area contributed by atoms with Gasteiger partial charge in [-0.15, -0.1) is 0 Å². The van der Waals surface area contributed by atoms with E-state index in [1.54, 1.807) is 30.3 Å². The quantitative estimate of drug-likeness (QED) is 0.308. The van der Waals surface area contributed by atoms with E-state index in [2.05, 4.69) is 34.5 Å². The van der Waals surface area contributed by atoms with Crippen LogP contribution in [0.1, 0.15) is 36.8 Å². The van der Waals surface area contributed by atoms with Gasteiger partial charge in [0.05, 0.1) is 6.61 Å². The number of ether oxygens (including phenoxy) is 2. The van der Waals surface area contributed by atoms with Crippen LogP contribution in [0.4, 0.5) is 0 Å². The molecule has 2 saturated heterocycles. The zero-order valence-electron chi connectivity index (χ0n) is 18.3. The summed E-state index contributed by atoms with van der Waals surface area (Å²) in [4.78, 5) is 0. The summed E-state index contributed by atoms with van der Waals surface area (Å²) in [6, 6.07) is 19.5. The van der Waals surface area contributed by atoms with Gasteiger partial charge in [0.15, 0.2) is 0 Å². The minimum Gasteiger partial charge on any atom is -0.726 e. The van der Waals surface area contributed by atoms with Crippen LogP contribution in [-0.4, -0.2) is 49.9 Å². The highest BCUT2D eigenvalue weighted by molar-refractivity contribution is 7.96. The number of hydrogen-bond donors (Lipinski definition) is 0. The van der Waals surface area contributed by atoms with Gasteiger partial charge in [-0.2, -0.15) is 0 Å². The Labute approximate surface area is 194 Å². The van der Waals surface area contributed by atoms with Gasteiger partial charge >= 0.3 is 0 Å². The van der Waals surface area contributed by atoms with Gasteiger partial charge in [0.1, 0.15) is 29.5 Å². The highest BCUT2D eigenvalue weighted by atomic mass is 32.3. The van der Waals surface area contributed by atoms with Crippen LogP contribution in [0.15, 0.2) is 60.7 Å². The predicted molar refractivity (Wildman–Crippen MR) is 126 cm³/mol. The summed E-state index contributed by atoms with van der Waals surface area (Å²) in [5.41, 5.74) is 2.11. The maximum atomic E-state index is 10.0. The molecule has 2 atom stereocenters. The van der Waals surface area contributed by atoms with Gasteiger partial charge in [-0.05, 0) is 42.1 Å². The SMILES string of the molecule is O=S(=O)([O-])OCc1ccccc1.c1ccc(C[S+](CC2CCCO2)CC2CCCO2)cc1. The van der Waals surface area contributed by atoms with Gasteiger partial charge in [0.25, 0.3) is 0 Å². The van der Waals surface area contributed by atoms with Gasteiger partial charge in [-0.3, -0.25) is 4.18 Å². The monoisotopic (exact) mass is 480 g/mol. The second-order valence-electron chi connectivity index (χ2n) is 8.00. The maximum absolute atomic E-state index is 10.0. The first kappa shape index (κ1) is 25.2. The van der Waals surface area contributed by atoms with Crippen molar-refractivity contribution in [3.05, 3.63) is 71.8 Å². The molecular weight excluding hydrogens is 448 g/mol. The molecule has 2 aromatic carbocycles. The Bertz CT molecular complexity index is 846. The molecule has 0 aromatic heterocycles. The van der Waals surface area contributed by atoms with E-state index in [-0.39, 0.29) is 6.61 Å². The standard InChI is InChI=1S/C17H25O2S.C7H8O4S/c1-2-6-15(7-3-1)12-20(13-16-8-4-10-18-16)14-17-9-5-11-19-17;8-12(9,10)11-6-7-4-2-1-3-5-7/h1-3,6-7,16-17H,4-5,8-14H2;1-5H,6H2,(H,8,9,10)/q+1;/p-1. The van der Waals surface area contributed by atoms with E-state index in [1.807, 2.05) is 0 Å². The fourth-order valence-corrected chi connectivity index (χ4v) is 6.68. The molecule has 0 spiro atoms. The third kappa shape index (κ3) is 10.0. The van der Waals surface area contributed by atoms with Crippen LogP contribution in [-0.2, 0) is 47.3 Å². The molecule has 0 N–H and O–H groups in total. The number of rotatable bonds is 9. The van der Waals surface area contributed by atoms with E-state index in [0.29, 0.717) is 28.7 Å². The molecule has 2 fully saturated rings. The Hall–Kier alpha value is -1.42. The van der Waals surface area contributed by atoms with E-state index < -0.39 is 10.4 Å². The van der Waals surface area contributed by atoms with Crippen molar-refractivity contribution < 1.29 is 26.6 Å². The average molecular weight is 481 g/mol. The zero-order valence-corrected chi connectivity index (χ0v) is 19.9. The van der Waals surface area contributed by atoms with E-state index >= 15 is 0 Å². The van der Waals surface area contributed by atoms with E-state index in [0.717, 1.165) is 13.2 Å². The molecule has 0 aliphatic carbocycles. The van der Waals surface area contributed by atoms with Crippen molar-refractivity contribution in [1.82, 2.24) is 0 Å². The van der Waals surface area contributed by atoms with Gasteiger partial charge in [0.2, 0.25) is 10.4 Å². The summed E-state index contributed by atoms with van der Waals surface area (Å²) in [6.45, 7) is 1.73. The molecule has 0 radical (unpaired) electrons. The van der Waals surface area contributed by atoms with Gasteiger partial charge in [-0.25, -0.2) is 8.42 Å². The van der Waals surface area contributed by atoms with Crippen molar-refractivity contribution >= 4 is 21.3 Å². The lowest BCUT2D eigenvalue weighted by Crippen LogP contribution is -2.29. The van der Waals surface area contributed by atoms with Crippen molar-refractivity contribution in [3.63, 3.8) is 0 Å². The molecule has 8 heteroatoms. The summed E-state index contributed by atoms with van der Waals surface area (Å²) >= 11 is 0. The molecule has 176 valence electrons. The second-order valence-corrected chi connectivity index (χ2v) is 11.2. The van der Waals surface area contributed by atoms with Crippen LogP contribution in [0.5, 0.6) is 0 Å². The van der Waals surface area contributed by atoms with Crippen LogP contribution in [0, 0.1) is 0 Å². The van der Waals surface area contributed by atoms with E-state index in [1.165, 1.54) is 48.5 Å². The van der Waals surface area contributed by atoms with Gasteiger partial charge in [-0.1, -0.05) is 60.7 Å². The van der Waals surface area contributed by atoms with Crippen LogP contribution in [0.2, 0.25) is 0 Å². The minimum atomic E-state index is -4.57. The highest BCUT2D eigenvalue weighted by Crippen LogP contribution is 2.22. The average Bonchev–Trinajstić information content (AvgIpc) is 3.48. The molecule has 2 unspecified atom stereocenters. The predicted octanol–water partition coefficient (Wildman–Crippen LogP) is 3.83. The second kappa shape index (κ2) is 13.3. The first-order valence-electron chi connectivity index (χ1n) is 11.0. The highest BCUT2D eigenvalue weighted by Gasteiger charge is 2.32. The lowest BCUT2D eigenvalue weighted by Gasteiger charge is -2.16. The molecule has 2 aliphatic rings. The van der Waals surface area contributed by atoms with Crippen LogP contribution < -0.4 is 0 Å². The molecule has 2 aromatic rings. The summed E-state index contributed by atoms with van der Waals surface area (Å²) in [7, 11) is -4.18. The molecular formula is C24H32O6S2.